The van der Waals surface area contributed by atoms with Crippen molar-refractivity contribution < 1.29 is 32.3 Å². The van der Waals surface area contributed by atoms with Crippen LogP contribution in [0.15, 0.2) is 97.1 Å². The number of nitrogens with zero attached hydrogens (tertiary/aromatic N) is 3. The number of ketones is 2. The highest BCUT2D eigenvalue weighted by Crippen LogP contribution is 2.60. The van der Waals surface area contributed by atoms with Gasteiger partial charge < -0.3 is 0 Å². The topological polar surface area (TPSA) is 78.0 Å². The second-order valence-electron chi connectivity index (χ2n) is 12.3. The van der Waals surface area contributed by atoms with Gasteiger partial charge in [-0.25, -0.2) is 28.1 Å². The third-order valence-corrected chi connectivity index (χ3v) is 9.85. The Balaban J connectivity index is 1.32. The van der Waals surface area contributed by atoms with Crippen LogP contribution in [0.4, 0.5) is 18.9 Å². The summed E-state index contributed by atoms with van der Waals surface area (Å²) in [6.07, 6.45) is 0. The first-order valence-electron chi connectivity index (χ1n) is 15.0. The highest BCUT2D eigenvalue weighted by Gasteiger charge is 2.73. The van der Waals surface area contributed by atoms with E-state index in [1.165, 1.54) is 60.7 Å². The van der Waals surface area contributed by atoms with Crippen LogP contribution < -0.4 is 4.90 Å². The molecule has 4 fully saturated rings. The molecule has 4 aromatic rings. The van der Waals surface area contributed by atoms with Crippen LogP contribution in [0.5, 0.6) is 0 Å². The lowest BCUT2D eigenvalue weighted by molar-refractivity contribution is -0.137. The minimum absolute atomic E-state index is 0.180. The smallest absolute Gasteiger partial charge is 0.253 e. The molecule has 3 heterocycles. The zero-order chi connectivity index (χ0) is 32.0. The van der Waals surface area contributed by atoms with Crippen LogP contribution in [-0.2, 0) is 19.2 Å². The summed E-state index contributed by atoms with van der Waals surface area (Å²) in [6, 6.07) is 19.2. The van der Waals surface area contributed by atoms with Crippen LogP contribution in [0.2, 0.25) is 0 Å². The van der Waals surface area contributed by atoms with Gasteiger partial charge in [0.2, 0.25) is 5.91 Å². The maximum atomic E-state index is 14.5. The number of Topliss-reactive ketones (excluding diaryl/α,β-unsaturated/α-hetero) is 2. The Bertz CT molecular complexity index is 1770. The quantitative estimate of drug-likeness (QED) is 0.230. The maximum Gasteiger partial charge on any atom is 0.253 e. The lowest BCUT2D eigenvalue weighted by Crippen LogP contribution is -2.48. The summed E-state index contributed by atoms with van der Waals surface area (Å²) in [5.74, 6) is -6.47. The largest absolute Gasteiger partial charge is 0.298 e. The molecule has 46 heavy (non-hydrogen) atoms. The first-order valence-corrected chi connectivity index (χ1v) is 15.0. The van der Waals surface area contributed by atoms with Crippen molar-refractivity contribution in [1.29, 1.82) is 0 Å². The average molecular weight is 622 g/mol. The second-order valence-corrected chi connectivity index (χ2v) is 12.3. The number of fused-ring (bicyclic) bond motifs is 5. The van der Waals surface area contributed by atoms with Crippen molar-refractivity contribution >= 4 is 29.1 Å². The number of carbonyl (C=O) groups excluding carboxylic acids is 4. The summed E-state index contributed by atoms with van der Waals surface area (Å²) < 4.78 is 42.1. The zero-order valence-corrected chi connectivity index (χ0v) is 24.4. The van der Waals surface area contributed by atoms with Gasteiger partial charge >= 0.3 is 0 Å². The second kappa shape index (κ2) is 10.3. The van der Waals surface area contributed by atoms with Gasteiger partial charge in [-0.05, 0) is 72.1 Å². The summed E-state index contributed by atoms with van der Waals surface area (Å²) in [4.78, 5) is 58.5. The Morgan fingerprint density at radius 1 is 0.478 bits per heavy atom. The first kappa shape index (κ1) is 28.5. The van der Waals surface area contributed by atoms with Gasteiger partial charge in [-0.2, -0.15) is 0 Å². The van der Waals surface area contributed by atoms with Crippen LogP contribution in [0, 0.1) is 36.2 Å². The molecule has 7 atom stereocenters. The molecule has 3 aliphatic heterocycles. The van der Waals surface area contributed by atoms with Crippen LogP contribution in [0.3, 0.4) is 0 Å². The molecule has 0 bridgehead atoms. The van der Waals surface area contributed by atoms with Gasteiger partial charge in [0.25, 0.3) is 5.91 Å². The van der Waals surface area contributed by atoms with E-state index in [1.807, 2.05) is 19.1 Å². The van der Waals surface area contributed by atoms with Crippen molar-refractivity contribution in [2.24, 2.45) is 11.8 Å². The third-order valence-electron chi connectivity index (χ3n) is 9.85. The minimum atomic E-state index is -1.15. The number of hydrazine groups is 1. The van der Waals surface area contributed by atoms with Crippen molar-refractivity contribution in [1.82, 2.24) is 10.0 Å². The van der Waals surface area contributed by atoms with Crippen molar-refractivity contribution in [3.05, 3.63) is 137 Å². The third kappa shape index (κ3) is 3.99. The van der Waals surface area contributed by atoms with Crippen molar-refractivity contribution in [2.45, 2.75) is 37.0 Å². The lowest BCUT2D eigenvalue weighted by Gasteiger charge is -2.35. The summed E-state index contributed by atoms with van der Waals surface area (Å²) in [7, 11) is 0. The molecule has 4 aliphatic rings. The fourth-order valence-electron chi connectivity index (χ4n) is 7.95. The average Bonchev–Trinajstić information content (AvgIpc) is 3.71. The van der Waals surface area contributed by atoms with Gasteiger partial charge in [-0.1, -0.05) is 54.1 Å². The van der Waals surface area contributed by atoms with E-state index in [2.05, 4.69) is 0 Å². The molecule has 1 aliphatic carbocycles. The van der Waals surface area contributed by atoms with E-state index in [9.17, 15) is 32.3 Å². The van der Waals surface area contributed by atoms with E-state index < -0.39 is 71.2 Å². The molecule has 0 N–H and O–H groups in total. The van der Waals surface area contributed by atoms with Gasteiger partial charge in [0, 0.05) is 0 Å². The number of anilines is 1. The van der Waals surface area contributed by atoms with E-state index in [0.29, 0.717) is 16.7 Å². The monoisotopic (exact) mass is 621 g/mol. The minimum Gasteiger partial charge on any atom is -0.298 e. The highest BCUT2D eigenvalue weighted by atomic mass is 19.1. The molecule has 1 saturated carbocycles. The summed E-state index contributed by atoms with van der Waals surface area (Å²) in [5, 5.41) is 3.35. The van der Waals surface area contributed by atoms with Gasteiger partial charge in [0.1, 0.15) is 29.4 Å². The number of rotatable bonds is 4. The van der Waals surface area contributed by atoms with E-state index in [-0.39, 0.29) is 17.3 Å². The van der Waals surface area contributed by atoms with Gasteiger partial charge in [-0.15, -0.1) is 0 Å². The lowest BCUT2D eigenvalue weighted by atomic mass is 9.83. The Kier molecular flexibility index (Phi) is 6.39. The normalized spacial score (nSPS) is 29.0. The fourth-order valence-corrected chi connectivity index (χ4v) is 7.95. The van der Waals surface area contributed by atoms with E-state index >= 15 is 0 Å². The van der Waals surface area contributed by atoms with Crippen LogP contribution in [-0.4, -0.2) is 45.5 Å². The number of imide groups is 1. The number of halogens is 3. The maximum absolute atomic E-state index is 14.5. The Morgan fingerprint density at radius 3 is 1.48 bits per heavy atom. The van der Waals surface area contributed by atoms with E-state index in [1.54, 1.807) is 22.2 Å². The molecular weight excluding hydrogens is 595 g/mol. The standard InChI is InChI=1S/C36H26F3N3O4/c1-18-2-4-19(5-3-18)26-33(43)27-29(20-6-10-22(37)11-7-20)42-32-28(35(45)40(36(32)46)25-16-14-24(39)15-17-25)30(41(42)31(27)34(26)44)21-8-12-23(38)13-9-21/h2-17,26-32H,1H3. The number of aryl methyl sites for hydroxylation is 1. The predicted molar refractivity (Wildman–Crippen MR) is 159 cm³/mol. The number of hydrogen-bond acceptors (Lipinski definition) is 6. The van der Waals surface area contributed by atoms with Gasteiger partial charge in [-0.3, -0.25) is 19.2 Å². The molecule has 0 radical (unpaired) electrons. The van der Waals surface area contributed by atoms with Crippen LogP contribution in [0.1, 0.15) is 40.3 Å². The van der Waals surface area contributed by atoms with E-state index in [0.717, 1.165) is 22.6 Å². The highest BCUT2D eigenvalue weighted by molar-refractivity contribution is 6.24. The molecule has 230 valence electrons. The van der Waals surface area contributed by atoms with Crippen molar-refractivity contribution in [3.63, 3.8) is 0 Å². The molecule has 7 unspecified atom stereocenters. The SMILES string of the molecule is Cc1ccc(C2C(=O)C3C(C2=O)N2C(c4ccc(F)cc4)C4C(=O)N(c5ccc(F)cc5)C(=O)C4N2C3c2ccc(F)cc2)cc1. The molecular formula is C36H26F3N3O4. The van der Waals surface area contributed by atoms with Crippen LogP contribution >= 0.6 is 0 Å². The molecule has 2 amide bonds. The Morgan fingerprint density at radius 2 is 0.935 bits per heavy atom. The van der Waals surface area contributed by atoms with Crippen LogP contribution in [0.25, 0.3) is 0 Å². The number of carbonyl (C=O) groups is 4. The van der Waals surface area contributed by atoms with Crippen molar-refractivity contribution in [2.75, 3.05) is 4.90 Å². The van der Waals surface area contributed by atoms with Gasteiger partial charge in [0.05, 0.1) is 35.6 Å². The molecule has 0 spiro atoms. The fraction of sp³-hybridized carbons (Fsp3) is 0.222. The number of hydrogen-bond donors (Lipinski definition) is 0. The van der Waals surface area contributed by atoms with Crippen molar-refractivity contribution in [3.8, 4) is 0 Å². The predicted octanol–water partition coefficient (Wildman–Crippen LogP) is 5.22. The summed E-state index contributed by atoms with van der Waals surface area (Å²) in [5.41, 5.74) is 2.68. The van der Waals surface area contributed by atoms with E-state index in [4.69, 9.17) is 0 Å². The molecule has 8 rings (SSSR count). The molecule has 10 heteroatoms. The first-order chi connectivity index (χ1) is 22.2. The zero-order valence-electron chi connectivity index (χ0n) is 24.4. The number of benzene rings is 4. The molecule has 4 aromatic carbocycles. The Hall–Kier alpha value is -4.93. The Labute approximate surface area is 261 Å². The molecule has 0 aromatic heterocycles. The molecule has 3 saturated heterocycles. The summed E-state index contributed by atoms with van der Waals surface area (Å²) >= 11 is 0. The molecule has 7 nitrogen and oxygen atoms in total. The summed E-state index contributed by atoms with van der Waals surface area (Å²) in [6.45, 7) is 1.90. The number of amides is 2. The van der Waals surface area contributed by atoms with Gasteiger partial charge in [0.15, 0.2) is 11.6 Å².